The Hall–Kier alpha value is -2.36. The fourth-order valence-corrected chi connectivity index (χ4v) is 3.42. The number of hydrogen-bond acceptors (Lipinski definition) is 3. The van der Waals surface area contributed by atoms with Gasteiger partial charge in [-0.2, -0.15) is 0 Å². The van der Waals surface area contributed by atoms with Gasteiger partial charge >= 0.3 is 0 Å². The van der Waals surface area contributed by atoms with E-state index >= 15 is 0 Å². The third kappa shape index (κ3) is 2.88. The van der Waals surface area contributed by atoms with Crippen LogP contribution in [0.2, 0.25) is 0 Å². The third-order valence-electron chi connectivity index (χ3n) is 4.98. The molecule has 1 N–H and O–H groups in total. The van der Waals surface area contributed by atoms with Crippen molar-refractivity contribution in [2.24, 2.45) is 4.99 Å². The van der Waals surface area contributed by atoms with Crippen LogP contribution in [0.15, 0.2) is 41.4 Å². The summed E-state index contributed by atoms with van der Waals surface area (Å²) in [7, 11) is 2.01. The molecule has 0 bridgehead atoms. The van der Waals surface area contributed by atoms with Gasteiger partial charge in [0.1, 0.15) is 17.3 Å². The summed E-state index contributed by atoms with van der Waals surface area (Å²) < 4.78 is 14.6. The van der Waals surface area contributed by atoms with Gasteiger partial charge in [-0.05, 0) is 56.0 Å². The highest BCUT2D eigenvalue weighted by molar-refractivity contribution is 5.84. The minimum absolute atomic E-state index is 0.00426. The van der Waals surface area contributed by atoms with E-state index in [0.29, 0.717) is 17.2 Å². The lowest BCUT2D eigenvalue weighted by Crippen LogP contribution is -2.45. The van der Waals surface area contributed by atoms with Crippen molar-refractivity contribution in [1.82, 2.24) is 0 Å². The van der Waals surface area contributed by atoms with E-state index in [1.807, 2.05) is 13.1 Å². The van der Waals surface area contributed by atoms with Gasteiger partial charge in [-0.1, -0.05) is 19.1 Å². The predicted molar refractivity (Wildman–Crippen MR) is 97.3 cm³/mol. The van der Waals surface area contributed by atoms with Crippen LogP contribution in [-0.2, 0) is 0 Å². The first-order chi connectivity index (χ1) is 11.3. The molecule has 1 aliphatic heterocycles. The minimum atomic E-state index is -0.301. The molecule has 0 amide bonds. The average Bonchev–Trinajstić information content (AvgIpc) is 2.52. The Labute approximate surface area is 142 Å². The van der Waals surface area contributed by atoms with E-state index in [0.717, 1.165) is 17.7 Å². The van der Waals surface area contributed by atoms with Gasteiger partial charge in [0.2, 0.25) is 0 Å². The molecule has 0 saturated carbocycles. The number of anilines is 1. The second-order valence-electron chi connectivity index (χ2n) is 7.16. The molecule has 126 valence electrons. The molecule has 2 aromatic carbocycles. The lowest BCUT2D eigenvalue weighted by Gasteiger charge is -2.45. The van der Waals surface area contributed by atoms with E-state index in [1.165, 1.54) is 6.21 Å². The number of aliphatic imine (C=N–C) groups is 1. The fourth-order valence-electron chi connectivity index (χ4n) is 3.42. The smallest absolute Gasteiger partial charge is 0.141 e. The molecule has 4 heteroatoms. The summed E-state index contributed by atoms with van der Waals surface area (Å²) in [5.74, 6) is 0.135. The molecule has 2 aromatic rings. The number of fused-ring (bicyclic) bond motifs is 1. The van der Waals surface area contributed by atoms with Crippen molar-refractivity contribution < 1.29 is 9.50 Å². The maximum Gasteiger partial charge on any atom is 0.141 e. The van der Waals surface area contributed by atoms with Gasteiger partial charge in [-0.3, -0.25) is 4.99 Å². The molecule has 24 heavy (non-hydrogen) atoms. The van der Waals surface area contributed by atoms with Crippen molar-refractivity contribution >= 4 is 17.6 Å². The summed E-state index contributed by atoms with van der Waals surface area (Å²) in [6, 6.07) is 10.3. The van der Waals surface area contributed by atoms with Crippen LogP contribution in [0.25, 0.3) is 0 Å². The van der Waals surface area contributed by atoms with Crippen LogP contribution in [0, 0.1) is 5.82 Å². The first-order valence-electron chi connectivity index (χ1n) is 8.19. The Morgan fingerprint density at radius 3 is 2.71 bits per heavy atom. The van der Waals surface area contributed by atoms with Crippen LogP contribution < -0.4 is 4.90 Å². The highest BCUT2D eigenvalue weighted by atomic mass is 19.1. The number of hydrogen-bond donors (Lipinski definition) is 1. The molecule has 1 atom stereocenters. The molecule has 0 aromatic heterocycles. The topological polar surface area (TPSA) is 35.8 Å². The summed E-state index contributed by atoms with van der Waals surface area (Å²) in [4.78, 5) is 6.38. The number of phenols is 1. The predicted octanol–water partition coefficient (Wildman–Crippen LogP) is 5.00. The maximum atomic E-state index is 14.6. The number of aromatic hydroxyl groups is 1. The van der Waals surface area contributed by atoms with Crippen LogP contribution in [-0.4, -0.2) is 23.9 Å². The summed E-state index contributed by atoms with van der Waals surface area (Å²) in [5, 5.41) is 9.77. The molecule has 1 aliphatic rings. The summed E-state index contributed by atoms with van der Waals surface area (Å²) >= 11 is 0. The van der Waals surface area contributed by atoms with Crippen molar-refractivity contribution in [3.8, 4) is 5.75 Å². The van der Waals surface area contributed by atoms with E-state index in [9.17, 15) is 9.50 Å². The number of nitrogens with zero attached hydrogens (tertiary/aromatic N) is 2. The van der Waals surface area contributed by atoms with Gasteiger partial charge in [-0.25, -0.2) is 4.39 Å². The maximum absolute atomic E-state index is 14.6. The van der Waals surface area contributed by atoms with Gasteiger partial charge in [0.15, 0.2) is 0 Å². The Morgan fingerprint density at radius 2 is 2.00 bits per heavy atom. The van der Waals surface area contributed by atoms with Gasteiger partial charge in [-0.15, -0.1) is 0 Å². The van der Waals surface area contributed by atoms with E-state index in [2.05, 4.69) is 30.7 Å². The van der Waals surface area contributed by atoms with E-state index < -0.39 is 0 Å². The molecule has 0 fully saturated rings. The minimum Gasteiger partial charge on any atom is -0.506 e. The second-order valence-corrected chi connectivity index (χ2v) is 7.16. The Kier molecular flexibility index (Phi) is 4.08. The second kappa shape index (κ2) is 5.93. The van der Waals surface area contributed by atoms with Gasteiger partial charge in [0.25, 0.3) is 0 Å². The number of halogens is 1. The van der Waals surface area contributed by atoms with E-state index in [4.69, 9.17) is 0 Å². The molecule has 1 heterocycles. The Bertz CT molecular complexity index is 798. The van der Waals surface area contributed by atoms with Crippen molar-refractivity contribution in [2.45, 2.75) is 38.6 Å². The molecule has 3 nitrogen and oxygen atoms in total. The first kappa shape index (κ1) is 16.5. The zero-order chi connectivity index (χ0) is 17.5. The van der Waals surface area contributed by atoms with Crippen LogP contribution in [0.1, 0.15) is 44.2 Å². The molecule has 0 saturated heterocycles. The van der Waals surface area contributed by atoms with Crippen LogP contribution in [0.3, 0.4) is 0 Å². The highest BCUT2D eigenvalue weighted by Crippen LogP contribution is 2.43. The monoisotopic (exact) mass is 326 g/mol. The quantitative estimate of drug-likeness (QED) is 0.788. The summed E-state index contributed by atoms with van der Waals surface area (Å²) in [6.45, 7) is 6.53. The summed E-state index contributed by atoms with van der Waals surface area (Å²) in [5.41, 5.74) is 2.95. The standard InChI is InChI=1S/C20H23FN2O/c1-13-11-20(2,3)23(4)18-10-16(21)14(9-15(13)18)12-22-17-7-5-6-8-19(17)24/h5-10,12-13,24H,11H2,1-4H3. The van der Waals surface area contributed by atoms with Crippen molar-refractivity contribution in [2.75, 3.05) is 11.9 Å². The zero-order valence-corrected chi connectivity index (χ0v) is 14.5. The van der Waals surface area contributed by atoms with E-state index in [-0.39, 0.29) is 17.1 Å². The molecule has 3 rings (SSSR count). The fraction of sp³-hybridized carbons (Fsp3) is 0.350. The average molecular weight is 326 g/mol. The van der Waals surface area contributed by atoms with E-state index in [1.54, 1.807) is 30.3 Å². The van der Waals surface area contributed by atoms with Gasteiger partial charge < -0.3 is 10.0 Å². The van der Waals surface area contributed by atoms with Gasteiger partial charge in [0, 0.05) is 30.1 Å². The van der Waals surface area contributed by atoms with Gasteiger partial charge in [0.05, 0.1) is 0 Å². The van der Waals surface area contributed by atoms with Crippen LogP contribution >= 0.6 is 0 Å². The highest BCUT2D eigenvalue weighted by Gasteiger charge is 2.34. The molecular weight excluding hydrogens is 303 g/mol. The van der Waals surface area contributed by atoms with Crippen LogP contribution in [0.4, 0.5) is 15.8 Å². The lowest BCUT2D eigenvalue weighted by atomic mass is 9.80. The first-order valence-corrected chi connectivity index (χ1v) is 8.19. The number of benzene rings is 2. The van der Waals surface area contributed by atoms with Crippen molar-refractivity contribution in [1.29, 1.82) is 0 Å². The number of rotatable bonds is 2. The Morgan fingerprint density at radius 1 is 1.29 bits per heavy atom. The Balaban J connectivity index is 2.01. The number of para-hydroxylation sites is 2. The molecule has 1 unspecified atom stereocenters. The molecule has 0 aliphatic carbocycles. The van der Waals surface area contributed by atoms with Crippen LogP contribution in [0.5, 0.6) is 5.75 Å². The molecular formula is C20H23FN2O. The largest absolute Gasteiger partial charge is 0.506 e. The molecule has 0 radical (unpaired) electrons. The van der Waals surface area contributed by atoms with Crippen molar-refractivity contribution in [3.63, 3.8) is 0 Å². The normalized spacial score (nSPS) is 19.5. The summed E-state index contributed by atoms with van der Waals surface area (Å²) in [6.07, 6.45) is 2.50. The number of phenolic OH excluding ortho intramolecular Hbond substituents is 1. The van der Waals surface area contributed by atoms with Crippen molar-refractivity contribution in [3.05, 3.63) is 53.3 Å². The zero-order valence-electron chi connectivity index (χ0n) is 14.5. The molecule has 0 spiro atoms. The SMILES string of the molecule is CC1CC(C)(C)N(C)c2cc(F)c(C=Nc3ccccc3O)cc21. The third-order valence-corrected chi connectivity index (χ3v) is 4.98. The lowest BCUT2D eigenvalue weighted by molar-refractivity contribution is 0.394.